The first-order chi connectivity index (χ1) is 11.7. The molecule has 0 bridgehead atoms. The monoisotopic (exact) mass is 457 g/mol. The second kappa shape index (κ2) is 9.64. The SMILES string of the molecule is CN=C(NCCCCc1ccc(OC)cc1)N1CCC2(CCC2)C1.I. The van der Waals surface area contributed by atoms with Crippen LogP contribution in [-0.4, -0.2) is 44.7 Å². The number of methoxy groups -OCH3 is 1. The van der Waals surface area contributed by atoms with Crippen molar-refractivity contribution in [3.8, 4) is 5.75 Å². The zero-order valence-corrected chi connectivity index (χ0v) is 17.9. The average molecular weight is 457 g/mol. The van der Waals surface area contributed by atoms with Gasteiger partial charge in [0.1, 0.15) is 5.75 Å². The molecule has 1 heterocycles. The zero-order valence-electron chi connectivity index (χ0n) is 15.6. The van der Waals surface area contributed by atoms with E-state index in [2.05, 4.69) is 27.3 Å². The molecule has 2 aliphatic rings. The summed E-state index contributed by atoms with van der Waals surface area (Å²) in [6.07, 6.45) is 9.10. The Labute approximate surface area is 169 Å². The van der Waals surface area contributed by atoms with Gasteiger partial charge in [0.15, 0.2) is 5.96 Å². The summed E-state index contributed by atoms with van der Waals surface area (Å²) in [5.74, 6) is 2.03. The van der Waals surface area contributed by atoms with Gasteiger partial charge in [0.2, 0.25) is 0 Å². The number of ether oxygens (including phenoxy) is 1. The van der Waals surface area contributed by atoms with Crippen LogP contribution in [0, 0.1) is 5.41 Å². The van der Waals surface area contributed by atoms with Crippen LogP contribution in [0.3, 0.4) is 0 Å². The average Bonchev–Trinajstić information content (AvgIpc) is 3.04. The van der Waals surface area contributed by atoms with Crippen LogP contribution in [0.5, 0.6) is 5.75 Å². The minimum atomic E-state index is 0. The Hall–Kier alpha value is -0.980. The number of nitrogens with zero attached hydrogens (tertiary/aromatic N) is 2. The summed E-state index contributed by atoms with van der Waals surface area (Å²) in [6.45, 7) is 3.39. The summed E-state index contributed by atoms with van der Waals surface area (Å²) in [6, 6.07) is 8.40. The molecule has 1 N–H and O–H groups in total. The number of hydrogen-bond acceptors (Lipinski definition) is 2. The highest BCUT2D eigenvalue weighted by molar-refractivity contribution is 14.0. The lowest BCUT2D eigenvalue weighted by Gasteiger charge is -2.38. The number of hydrogen-bond donors (Lipinski definition) is 1. The summed E-state index contributed by atoms with van der Waals surface area (Å²) in [4.78, 5) is 6.95. The number of benzene rings is 1. The largest absolute Gasteiger partial charge is 0.497 e. The van der Waals surface area contributed by atoms with Crippen LogP contribution in [-0.2, 0) is 6.42 Å². The third kappa shape index (κ3) is 5.25. The summed E-state index contributed by atoms with van der Waals surface area (Å²) < 4.78 is 5.20. The molecule has 0 unspecified atom stereocenters. The fourth-order valence-electron chi connectivity index (χ4n) is 3.98. The molecule has 1 aromatic rings. The standard InChI is InChI=1S/C20H31N3O.HI/c1-21-19(23-15-13-20(16-23)11-5-12-20)22-14-4-3-6-17-7-9-18(24-2)10-8-17;/h7-10H,3-6,11-16H2,1-2H3,(H,21,22);1H. The molecule has 1 aromatic carbocycles. The number of likely N-dealkylation sites (tertiary alicyclic amines) is 1. The first kappa shape index (κ1) is 20.3. The lowest BCUT2D eigenvalue weighted by atomic mass is 9.68. The molecule has 3 rings (SSSR count). The molecule has 0 aromatic heterocycles. The molecule has 1 aliphatic carbocycles. The molecule has 1 saturated heterocycles. The topological polar surface area (TPSA) is 36.9 Å². The van der Waals surface area contributed by atoms with Crippen molar-refractivity contribution in [2.45, 2.75) is 44.9 Å². The van der Waals surface area contributed by atoms with E-state index in [9.17, 15) is 0 Å². The molecular weight excluding hydrogens is 425 g/mol. The second-order valence-electron chi connectivity index (χ2n) is 7.30. The van der Waals surface area contributed by atoms with Gasteiger partial charge in [-0.25, -0.2) is 0 Å². The number of rotatable bonds is 6. The molecule has 2 fully saturated rings. The van der Waals surface area contributed by atoms with Gasteiger partial charge in [-0.3, -0.25) is 4.99 Å². The quantitative estimate of drug-likeness (QED) is 0.303. The summed E-state index contributed by atoms with van der Waals surface area (Å²) in [7, 11) is 3.62. The molecule has 0 amide bonds. The fraction of sp³-hybridized carbons (Fsp3) is 0.650. The van der Waals surface area contributed by atoms with E-state index in [1.165, 1.54) is 57.2 Å². The van der Waals surface area contributed by atoms with E-state index in [1.54, 1.807) is 7.11 Å². The van der Waals surface area contributed by atoms with Gasteiger partial charge < -0.3 is 15.0 Å². The van der Waals surface area contributed by atoms with E-state index >= 15 is 0 Å². The van der Waals surface area contributed by atoms with Crippen LogP contribution in [0.4, 0.5) is 0 Å². The highest BCUT2D eigenvalue weighted by atomic mass is 127. The van der Waals surface area contributed by atoms with Gasteiger partial charge in [-0.1, -0.05) is 18.6 Å². The Morgan fingerprint density at radius 1 is 1.20 bits per heavy atom. The molecule has 140 valence electrons. The molecule has 1 saturated carbocycles. The molecule has 25 heavy (non-hydrogen) atoms. The predicted molar refractivity (Wildman–Crippen MR) is 115 cm³/mol. The van der Waals surface area contributed by atoms with Crippen molar-refractivity contribution in [2.75, 3.05) is 33.8 Å². The Balaban J connectivity index is 0.00000225. The van der Waals surface area contributed by atoms with Crippen LogP contribution >= 0.6 is 24.0 Å². The van der Waals surface area contributed by atoms with Gasteiger partial charge in [0.25, 0.3) is 0 Å². The van der Waals surface area contributed by atoms with Crippen molar-refractivity contribution in [3.05, 3.63) is 29.8 Å². The summed E-state index contributed by atoms with van der Waals surface area (Å²) >= 11 is 0. The van der Waals surface area contributed by atoms with Crippen molar-refractivity contribution >= 4 is 29.9 Å². The molecule has 0 radical (unpaired) electrons. The molecule has 4 nitrogen and oxygen atoms in total. The number of aryl methyl sites for hydroxylation is 1. The first-order valence-electron chi connectivity index (χ1n) is 9.33. The molecule has 0 atom stereocenters. The van der Waals surface area contributed by atoms with Gasteiger partial charge in [0.05, 0.1) is 7.11 Å². The van der Waals surface area contributed by atoms with Crippen molar-refractivity contribution < 1.29 is 4.74 Å². The number of aliphatic imine (C=N–C) groups is 1. The maximum absolute atomic E-state index is 5.20. The van der Waals surface area contributed by atoms with Crippen molar-refractivity contribution in [1.29, 1.82) is 0 Å². The third-order valence-corrected chi connectivity index (χ3v) is 5.70. The Bertz CT molecular complexity index is 555. The van der Waals surface area contributed by atoms with E-state index < -0.39 is 0 Å². The third-order valence-electron chi connectivity index (χ3n) is 5.70. The maximum atomic E-state index is 5.20. The molecular formula is C20H32IN3O. The molecule has 5 heteroatoms. The minimum Gasteiger partial charge on any atom is -0.497 e. The Morgan fingerprint density at radius 2 is 1.96 bits per heavy atom. The van der Waals surface area contributed by atoms with E-state index in [-0.39, 0.29) is 24.0 Å². The van der Waals surface area contributed by atoms with E-state index in [0.717, 1.165) is 24.7 Å². The number of halogens is 1. The van der Waals surface area contributed by atoms with E-state index in [4.69, 9.17) is 4.74 Å². The van der Waals surface area contributed by atoms with Gasteiger partial charge in [-0.15, -0.1) is 24.0 Å². The zero-order chi connectivity index (χ0) is 16.8. The van der Waals surface area contributed by atoms with E-state index in [1.807, 2.05) is 19.2 Å². The van der Waals surface area contributed by atoms with Crippen LogP contribution in [0.25, 0.3) is 0 Å². The number of guanidine groups is 1. The minimum absolute atomic E-state index is 0. The van der Waals surface area contributed by atoms with Crippen molar-refractivity contribution in [2.24, 2.45) is 10.4 Å². The lowest BCUT2D eigenvalue weighted by Crippen LogP contribution is -2.42. The second-order valence-corrected chi connectivity index (χ2v) is 7.30. The highest BCUT2D eigenvalue weighted by Gasteiger charge is 2.43. The summed E-state index contributed by atoms with van der Waals surface area (Å²) in [5.41, 5.74) is 2.01. The maximum Gasteiger partial charge on any atom is 0.193 e. The number of unbranched alkanes of at least 4 members (excludes halogenated alkanes) is 1. The first-order valence-corrected chi connectivity index (χ1v) is 9.33. The van der Waals surface area contributed by atoms with Crippen LogP contribution in [0.2, 0.25) is 0 Å². The van der Waals surface area contributed by atoms with Crippen LogP contribution in [0.1, 0.15) is 44.1 Å². The number of nitrogens with one attached hydrogen (secondary N) is 1. The predicted octanol–water partition coefficient (Wildman–Crippen LogP) is 4.09. The van der Waals surface area contributed by atoms with E-state index in [0.29, 0.717) is 5.41 Å². The van der Waals surface area contributed by atoms with Gasteiger partial charge in [0, 0.05) is 26.7 Å². The van der Waals surface area contributed by atoms with Gasteiger partial charge in [-0.2, -0.15) is 0 Å². The van der Waals surface area contributed by atoms with Gasteiger partial charge >= 0.3 is 0 Å². The lowest BCUT2D eigenvalue weighted by molar-refractivity contribution is 0.151. The van der Waals surface area contributed by atoms with Crippen molar-refractivity contribution in [3.63, 3.8) is 0 Å². The highest BCUT2D eigenvalue weighted by Crippen LogP contribution is 2.47. The van der Waals surface area contributed by atoms with Crippen LogP contribution < -0.4 is 10.1 Å². The van der Waals surface area contributed by atoms with Gasteiger partial charge in [-0.05, 0) is 61.6 Å². The summed E-state index contributed by atoms with van der Waals surface area (Å²) in [5, 5.41) is 3.56. The van der Waals surface area contributed by atoms with Crippen LogP contribution in [0.15, 0.2) is 29.3 Å². The normalized spacial score (nSPS) is 18.6. The molecule has 1 aliphatic heterocycles. The Morgan fingerprint density at radius 3 is 2.52 bits per heavy atom. The molecule has 1 spiro atoms. The Kier molecular flexibility index (Phi) is 7.84. The smallest absolute Gasteiger partial charge is 0.193 e. The fourth-order valence-corrected chi connectivity index (χ4v) is 3.98. The van der Waals surface area contributed by atoms with Crippen molar-refractivity contribution in [1.82, 2.24) is 10.2 Å².